The van der Waals surface area contributed by atoms with Crippen LogP contribution in [0.25, 0.3) is 0 Å². The average Bonchev–Trinajstić information content (AvgIpc) is 2.53. The van der Waals surface area contributed by atoms with E-state index in [4.69, 9.17) is 0 Å². The van der Waals surface area contributed by atoms with Crippen molar-refractivity contribution in [1.29, 1.82) is 0 Å². The Morgan fingerprint density at radius 1 is 1.38 bits per heavy atom. The molecule has 1 saturated carbocycles. The maximum Gasteiger partial charge on any atom is 0.0829 e. The Labute approximate surface area is 79.1 Å². The van der Waals surface area contributed by atoms with Crippen molar-refractivity contribution >= 4 is 0 Å². The maximum atomic E-state index is 4.12. The van der Waals surface area contributed by atoms with Crippen LogP contribution in [0.15, 0.2) is 6.20 Å². The first-order valence-corrected chi connectivity index (χ1v) is 5.20. The molecule has 1 aromatic heterocycles. The van der Waals surface area contributed by atoms with E-state index < -0.39 is 0 Å². The van der Waals surface area contributed by atoms with E-state index in [9.17, 15) is 0 Å². The first kappa shape index (κ1) is 8.73. The van der Waals surface area contributed by atoms with Gasteiger partial charge in [0.25, 0.3) is 0 Å². The van der Waals surface area contributed by atoms with Gasteiger partial charge in [0, 0.05) is 13.2 Å². The van der Waals surface area contributed by atoms with Gasteiger partial charge in [0.05, 0.1) is 5.69 Å². The molecular weight excluding hydrogens is 162 g/mol. The van der Waals surface area contributed by atoms with Crippen molar-refractivity contribution in [2.24, 2.45) is 13.0 Å². The van der Waals surface area contributed by atoms with Crippen LogP contribution >= 0.6 is 0 Å². The van der Waals surface area contributed by atoms with Crippen molar-refractivity contribution < 1.29 is 0 Å². The quantitative estimate of drug-likeness (QED) is 0.694. The average molecular weight is 179 g/mol. The molecule has 0 amide bonds. The molecule has 1 heterocycles. The highest BCUT2D eigenvalue weighted by Gasteiger charge is 2.14. The van der Waals surface area contributed by atoms with Gasteiger partial charge in [0.15, 0.2) is 0 Å². The fourth-order valence-corrected chi connectivity index (χ4v) is 2.18. The van der Waals surface area contributed by atoms with E-state index >= 15 is 0 Å². The lowest BCUT2D eigenvalue weighted by Gasteiger charge is -2.19. The summed E-state index contributed by atoms with van der Waals surface area (Å²) in [6, 6.07) is 0. The third-order valence-electron chi connectivity index (χ3n) is 2.87. The van der Waals surface area contributed by atoms with Crippen molar-refractivity contribution in [3.05, 3.63) is 11.9 Å². The Morgan fingerprint density at radius 2 is 2.15 bits per heavy atom. The Balaban J connectivity index is 1.89. The number of hydrogen-bond acceptors (Lipinski definition) is 2. The van der Waals surface area contributed by atoms with Crippen LogP contribution in [0, 0.1) is 5.92 Å². The van der Waals surface area contributed by atoms with Crippen molar-refractivity contribution in [3.8, 4) is 0 Å². The van der Waals surface area contributed by atoms with E-state index in [0.717, 1.165) is 18.0 Å². The van der Waals surface area contributed by atoms with Gasteiger partial charge in [-0.05, 0) is 12.3 Å². The Kier molecular flexibility index (Phi) is 2.62. The molecule has 13 heavy (non-hydrogen) atoms. The third kappa shape index (κ3) is 2.29. The van der Waals surface area contributed by atoms with Crippen molar-refractivity contribution in [1.82, 2.24) is 15.0 Å². The third-order valence-corrected chi connectivity index (χ3v) is 2.87. The second-order valence-electron chi connectivity index (χ2n) is 4.09. The van der Waals surface area contributed by atoms with E-state index in [0.29, 0.717) is 0 Å². The zero-order chi connectivity index (χ0) is 9.10. The number of hydrogen-bond donors (Lipinski definition) is 0. The molecule has 2 rings (SSSR count). The van der Waals surface area contributed by atoms with E-state index in [1.54, 1.807) is 4.68 Å². The zero-order valence-electron chi connectivity index (χ0n) is 8.24. The maximum absolute atomic E-state index is 4.12. The summed E-state index contributed by atoms with van der Waals surface area (Å²) in [5.41, 5.74) is 1.16. The Morgan fingerprint density at radius 3 is 2.77 bits per heavy atom. The van der Waals surface area contributed by atoms with Crippen LogP contribution in [0.3, 0.4) is 0 Å². The zero-order valence-corrected chi connectivity index (χ0v) is 8.24. The van der Waals surface area contributed by atoms with Gasteiger partial charge < -0.3 is 0 Å². The number of nitrogens with zero attached hydrogens (tertiary/aromatic N) is 3. The fourth-order valence-electron chi connectivity index (χ4n) is 2.18. The molecule has 0 aliphatic heterocycles. The van der Waals surface area contributed by atoms with Crippen LogP contribution in [-0.2, 0) is 13.5 Å². The van der Waals surface area contributed by atoms with Crippen LogP contribution in [0.2, 0.25) is 0 Å². The predicted octanol–water partition coefficient (Wildman–Crippen LogP) is 1.94. The van der Waals surface area contributed by atoms with Gasteiger partial charge in [0.2, 0.25) is 0 Å². The first-order valence-electron chi connectivity index (χ1n) is 5.20. The van der Waals surface area contributed by atoms with E-state index in [-0.39, 0.29) is 0 Å². The lowest BCUT2D eigenvalue weighted by atomic mass is 9.86. The Hall–Kier alpha value is -0.860. The lowest BCUT2D eigenvalue weighted by Crippen LogP contribution is -2.09. The summed E-state index contributed by atoms with van der Waals surface area (Å²) in [7, 11) is 1.93. The molecule has 0 spiro atoms. The van der Waals surface area contributed by atoms with E-state index in [2.05, 4.69) is 10.3 Å². The number of aryl methyl sites for hydroxylation is 1. The van der Waals surface area contributed by atoms with Gasteiger partial charge in [-0.3, -0.25) is 4.68 Å². The van der Waals surface area contributed by atoms with Gasteiger partial charge in [0.1, 0.15) is 0 Å². The lowest BCUT2D eigenvalue weighted by molar-refractivity contribution is 0.354. The molecule has 1 aliphatic carbocycles. The normalized spacial score (nSPS) is 19.2. The van der Waals surface area contributed by atoms with Crippen molar-refractivity contribution in [3.63, 3.8) is 0 Å². The van der Waals surface area contributed by atoms with Gasteiger partial charge >= 0.3 is 0 Å². The van der Waals surface area contributed by atoms with Crippen LogP contribution in [0.1, 0.15) is 37.8 Å². The summed E-state index contributed by atoms with van der Waals surface area (Å²) in [4.78, 5) is 0. The molecule has 0 unspecified atom stereocenters. The summed E-state index contributed by atoms with van der Waals surface area (Å²) < 4.78 is 1.79. The Bertz CT molecular complexity index is 261. The van der Waals surface area contributed by atoms with Crippen molar-refractivity contribution in [2.45, 2.75) is 38.5 Å². The molecule has 0 N–H and O–H groups in total. The first-order chi connectivity index (χ1) is 6.34. The molecule has 3 nitrogen and oxygen atoms in total. The highest BCUT2D eigenvalue weighted by atomic mass is 15.4. The molecular formula is C10H17N3. The molecule has 0 saturated heterocycles. The molecule has 1 aromatic rings. The van der Waals surface area contributed by atoms with E-state index in [1.807, 2.05) is 13.2 Å². The summed E-state index contributed by atoms with van der Waals surface area (Å²) in [6.45, 7) is 0. The summed E-state index contributed by atoms with van der Waals surface area (Å²) in [5.74, 6) is 0.866. The van der Waals surface area contributed by atoms with Crippen LogP contribution in [0.5, 0.6) is 0 Å². The minimum Gasteiger partial charge on any atom is -0.255 e. The SMILES string of the molecule is Cn1cc(CC2CCCCC2)nn1. The van der Waals surface area contributed by atoms with Gasteiger partial charge in [-0.25, -0.2) is 0 Å². The molecule has 1 aliphatic rings. The highest BCUT2D eigenvalue weighted by Crippen LogP contribution is 2.25. The minimum atomic E-state index is 0.866. The second-order valence-corrected chi connectivity index (χ2v) is 4.09. The second kappa shape index (κ2) is 3.90. The topological polar surface area (TPSA) is 30.7 Å². The smallest absolute Gasteiger partial charge is 0.0829 e. The van der Waals surface area contributed by atoms with E-state index in [1.165, 1.54) is 32.1 Å². The molecule has 0 atom stereocenters. The number of aromatic nitrogens is 3. The molecule has 0 aromatic carbocycles. The monoisotopic (exact) mass is 179 g/mol. The standard InChI is InChI=1S/C10H17N3/c1-13-8-10(11-12-13)7-9-5-3-2-4-6-9/h8-9H,2-7H2,1H3. The molecule has 72 valence electrons. The van der Waals surface area contributed by atoms with Gasteiger partial charge in [-0.2, -0.15) is 0 Å². The molecule has 0 bridgehead atoms. The molecule has 3 heteroatoms. The van der Waals surface area contributed by atoms with Crippen molar-refractivity contribution in [2.75, 3.05) is 0 Å². The minimum absolute atomic E-state index is 0.866. The largest absolute Gasteiger partial charge is 0.255 e. The highest BCUT2D eigenvalue weighted by molar-refractivity contribution is 4.94. The van der Waals surface area contributed by atoms with Gasteiger partial charge in [-0.15, -0.1) is 5.10 Å². The van der Waals surface area contributed by atoms with Crippen LogP contribution in [-0.4, -0.2) is 15.0 Å². The molecule has 0 radical (unpaired) electrons. The van der Waals surface area contributed by atoms with Gasteiger partial charge in [-0.1, -0.05) is 37.3 Å². The van der Waals surface area contributed by atoms with Crippen LogP contribution in [0.4, 0.5) is 0 Å². The summed E-state index contributed by atoms with van der Waals surface area (Å²) in [5, 5.41) is 8.07. The summed E-state index contributed by atoms with van der Waals surface area (Å²) >= 11 is 0. The number of rotatable bonds is 2. The predicted molar refractivity (Wildman–Crippen MR) is 51.3 cm³/mol. The van der Waals surface area contributed by atoms with Crippen LogP contribution < -0.4 is 0 Å². The summed E-state index contributed by atoms with van der Waals surface area (Å²) in [6.07, 6.45) is 10.2. The molecule has 1 fully saturated rings. The fraction of sp³-hybridized carbons (Fsp3) is 0.800.